The standard InChI is InChI=1S/C25H24N2O4/c1-2-27-15-21(19-7-3-4-8-22(19)27)20(13-25(28)26-14-18-6-5-11-29-18)17-9-10-23-24(12-17)31-16-30-23/h3-12,15,20H,2,13-14,16H2,1H3,(H,26,28). The van der Waals surface area contributed by atoms with Crippen molar-refractivity contribution in [1.82, 2.24) is 9.88 Å². The average molecular weight is 416 g/mol. The van der Waals surface area contributed by atoms with E-state index in [-0.39, 0.29) is 18.6 Å². The molecule has 1 aliphatic heterocycles. The number of amides is 1. The lowest BCUT2D eigenvalue weighted by molar-refractivity contribution is -0.121. The highest BCUT2D eigenvalue weighted by molar-refractivity contribution is 5.86. The van der Waals surface area contributed by atoms with E-state index >= 15 is 0 Å². The second-order valence-electron chi connectivity index (χ2n) is 7.61. The van der Waals surface area contributed by atoms with E-state index in [1.54, 1.807) is 6.26 Å². The summed E-state index contributed by atoms with van der Waals surface area (Å²) in [5.74, 6) is 2.03. The first-order valence-electron chi connectivity index (χ1n) is 10.5. The number of furan rings is 1. The number of rotatable bonds is 7. The predicted octanol–water partition coefficient (Wildman–Crippen LogP) is 4.82. The number of carbonyl (C=O) groups excluding carboxylic acids is 1. The van der Waals surface area contributed by atoms with Crippen molar-refractivity contribution in [3.05, 3.63) is 83.9 Å². The molecule has 5 rings (SSSR count). The van der Waals surface area contributed by atoms with Crippen molar-refractivity contribution in [2.24, 2.45) is 0 Å². The number of ether oxygens (including phenoxy) is 2. The minimum absolute atomic E-state index is 0.0348. The number of nitrogens with one attached hydrogen (secondary N) is 1. The Kier molecular flexibility index (Phi) is 5.12. The molecule has 0 fully saturated rings. The van der Waals surface area contributed by atoms with Crippen LogP contribution in [0.4, 0.5) is 0 Å². The summed E-state index contributed by atoms with van der Waals surface area (Å²) in [4.78, 5) is 12.9. The second kappa shape index (κ2) is 8.22. The van der Waals surface area contributed by atoms with Crippen LogP contribution < -0.4 is 14.8 Å². The third-order valence-electron chi connectivity index (χ3n) is 5.76. The number of para-hydroxylation sites is 1. The van der Waals surface area contributed by atoms with Crippen molar-refractivity contribution >= 4 is 16.8 Å². The zero-order chi connectivity index (χ0) is 21.2. The SMILES string of the molecule is CCn1cc(C(CC(=O)NCc2ccco2)c2ccc3c(c2)OCO3)c2ccccc21. The summed E-state index contributed by atoms with van der Waals surface area (Å²) in [6.45, 7) is 3.58. The van der Waals surface area contributed by atoms with Crippen molar-refractivity contribution in [1.29, 1.82) is 0 Å². The lowest BCUT2D eigenvalue weighted by Gasteiger charge is -2.17. The van der Waals surface area contributed by atoms with Crippen LogP contribution in [0, 0.1) is 0 Å². The average Bonchev–Trinajstić information content (AvgIpc) is 3.55. The van der Waals surface area contributed by atoms with Crippen molar-refractivity contribution in [3.8, 4) is 11.5 Å². The molecule has 0 spiro atoms. The predicted molar refractivity (Wildman–Crippen MR) is 117 cm³/mol. The van der Waals surface area contributed by atoms with E-state index < -0.39 is 0 Å². The number of aryl methyl sites for hydroxylation is 1. The van der Waals surface area contributed by atoms with Gasteiger partial charge in [-0.2, -0.15) is 0 Å². The third-order valence-corrected chi connectivity index (χ3v) is 5.76. The molecule has 0 radical (unpaired) electrons. The quantitative estimate of drug-likeness (QED) is 0.469. The molecule has 1 unspecified atom stereocenters. The molecule has 1 aliphatic rings. The van der Waals surface area contributed by atoms with Gasteiger partial charge in [-0.3, -0.25) is 4.79 Å². The van der Waals surface area contributed by atoms with Gasteiger partial charge in [0.1, 0.15) is 5.76 Å². The van der Waals surface area contributed by atoms with Gasteiger partial charge in [-0.05, 0) is 48.4 Å². The minimum atomic E-state index is -0.121. The Hall–Kier alpha value is -3.67. The van der Waals surface area contributed by atoms with Crippen LogP contribution in [-0.4, -0.2) is 17.3 Å². The van der Waals surface area contributed by atoms with E-state index in [0.29, 0.717) is 13.0 Å². The van der Waals surface area contributed by atoms with Gasteiger partial charge in [0.05, 0.1) is 12.8 Å². The Morgan fingerprint density at radius 2 is 1.97 bits per heavy atom. The lowest BCUT2D eigenvalue weighted by atomic mass is 9.87. The molecule has 2 aromatic carbocycles. The van der Waals surface area contributed by atoms with Gasteiger partial charge < -0.3 is 23.8 Å². The molecule has 6 heteroatoms. The van der Waals surface area contributed by atoms with Crippen LogP contribution in [0.25, 0.3) is 10.9 Å². The number of benzene rings is 2. The summed E-state index contributed by atoms with van der Waals surface area (Å²) in [6.07, 6.45) is 4.09. The Morgan fingerprint density at radius 1 is 1.10 bits per heavy atom. The molecule has 6 nitrogen and oxygen atoms in total. The number of hydrogen-bond donors (Lipinski definition) is 1. The third kappa shape index (κ3) is 3.77. The molecule has 1 amide bonds. The minimum Gasteiger partial charge on any atom is -0.467 e. The van der Waals surface area contributed by atoms with E-state index in [2.05, 4.69) is 35.1 Å². The molecule has 1 N–H and O–H groups in total. The number of fused-ring (bicyclic) bond motifs is 2. The van der Waals surface area contributed by atoms with Crippen LogP contribution in [0.5, 0.6) is 11.5 Å². The lowest BCUT2D eigenvalue weighted by Crippen LogP contribution is -2.24. The van der Waals surface area contributed by atoms with Gasteiger partial charge >= 0.3 is 0 Å². The molecule has 1 atom stereocenters. The van der Waals surface area contributed by atoms with Gasteiger partial charge in [0.25, 0.3) is 0 Å². The monoisotopic (exact) mass is 416 g/mol. The van der Waals surface area contributed by atoms with E-state index in [1.807, 2.05) is 42.5 Å². The number of aromatic nitrogens is 1. The Bertz CT molecular complexity index is 1210. The summed E-state index contributed by atoms with van der Waals surface area (Å²) in [6, 6.07) is 17.9. The Labute approximate surface area is 180 Å². The van der Waals surface area contributed by atoms with Crippen molar-refractivity contribution in [2.45, 2.75) is 32.4 Å². The molecule has 4 aromatic rings. The number of hydrogen-bond acceptors (Lipinski definition) is 4. The molecule has 158 valence electrons. The first-order valence-corrected chi connectivity index (χ1v) is 10.5. The molecule has 0 saturated heterocycles. The Morgan fingerprint density at radius 3 is 2.81 bits per heavy atom. The van der Waals surface area contributed by atoms with Crippen LogP contribution in [0.1, 0.15) is 36.1 Å². The van der Waals surface area contributed by atoms with Crippen LogP contribution >= 0.6 is 0 Å². The smallest absolute Gasteiger partial charge is 0.231 e. The van der Waals surface area contributed by atoms with Crippen LogP contribution in [0.2, 0.25) is 0 Å². The topological polar surface area (TPSA) is 65.6 Å². The van der Waals surface area contributed by atoms with Gasteiger partial charge in [-0.1, -0.05) is 24.3 Å². The highest BCUT2D eigenvalue weighted by Gasteiger charge is 2.25. The zero-order valence-electron chi connectivity index (χ0n) is 17.3. The summed E-state index contributed by atoms with van der Waals surface area (Å²) < 4.78 is 18.6. The normalized spacial score (nSPS) is 13.5. The van der Waals surface area contributed by atoms with E-state index in [9.17, 15) is 4.79 Å². The summed E-state index contributed by atoms with van der Waals surface area (Å²) in [5, 5.41) is 4.14. The highest BCUT2D eigenvalue weighted by atomic mass is 16.7. The maximum Gasteiger partial charge on any atom is 0.231 e. The maximum atomic E-state index is 12.9. The maximum absolute atomic E-state index is 12.9. The second-order valence-corrected chi connectivity index (χ2v) is 7.61. The first-order chi connectivity index (χ1) is 15.2. The molecule has 0 bridgehead atoms. The fourth-order valence-electron chi connectivity index (χ4n) is 4.21. The molecule has 2 aromatic heterocycles. The van der Waals surface area contributed by atoms with Crippen LogP contribution in [0.3, 0.4) is 0 Å². The fourth-order valence-corrected chi connectivity index (χ4v) is 4.21. The van der Waals surface area contributed by atoms with Crippen molar-refractivity contribution < 1.29 is 18.7 Å². The van der Waals surface area contributed by atoms with Gasteiger partial charge in [0.2, 0.25) is 12.7 Å². The molecule has 0 saturated carbocycles. The van der Waals surface area contributed by atoms with Crippen LogP contribution in [-0.2, 0) is 17.9 Å². The summed E-state index contributed by atoms with van der Waals surface area (Å²) >= 11 is 0. The van der Waals surface area contributed by atoms with Gasteiger partial charge in [0.15, 0.2) is 11.5 Å². The molecule has 0 aliphatic carbocycles. The zero-order valence-corrected chi connectivity index (χ0v) is 17.3. The van der Waals surface area contributed by atoms with Gasteiger partial charge in [-0.25, -0.2) is 0 Å². The van der Waals surface area contributed by atoms with Crippen LogP contribution in [0.15, 0.2) is 71.5 Å². The highest BCUT2D eigenvalue weighted by Crippen LogP contribution is 2.40. The summed E-state index contributed by atoms with van der Waals surface area (Å²) in [7, 11) is 0. The van der Waals surface area contributed by atoms with E-state index in [1.165, 1.54) is 5.52 Å². The first kappa shape index (κ1) is 19.3. The van der Waals surface area contributed by atoms with Gasteiger partial charge in [-0.15, -0.1) is 0 Å². The Balaban J connectivity index is 1.51. The van der Waals surface area contributed by atoms with E-state index in [0.717, 1.165) is 40.3 Å². The molecular weight excluding hydrogens is 392 g/mol. The largest absolute Gasteiger partial charge is 0.467 e. The molecule has 3 heterocycles. The van der Waals surface area contributed by atoms with Gasteiger partial charge in [0, 0.05) is 36.0 Å². The van der Waals surface area contributed by atoms with E-state index in [4.69, 9.17) is 13.9 Å². The number of nitrogens with zero attached hydrogens (tertiary/aromatic N) is 1. The fraction of sp³-hybridized carbons (Fsp3) is 0.240. The molecular formula is C25H24N2O4. The molecule has 31 heavy (non-hydrogen) atoms. The van der Waals surface area contributed by atoms with Crippen molar-refractivity contribution in [3.63, 3.8) is 0 Å². The number of carbonyl (C=O) groups is 1. The summed E-state index contributed by atoms with van der Waals surface area (Å²) in [5.41, 5.74) is 3.32. The van der Waals surface area contributed by atoms with Crippen molar-refractivity contribution in [2.75, 3.05) is 6.79 Å².